The highest BCUT2D eigenvalue weighted by molar-refractivity contribution is 7.93. The summed E-state index contributed by atoms with van der Waals surface area (Å²) in [5.41, 5.74) is 0.570. The number of nitrogens with zero attached hydrogens (tertiary/aromatic N) is 2. The number of sulfonamides is 1. The van der Waals surface area contributed by atoms with Gasteiger partial charge in [0.05, 0.1) is 23.4 Å². The zero-order valence-electron chi connectivity index (χ0n) is 23.6. The van der Waals surface area contributed by atoms with E-state index in [4.69, 9.17) is 16.5 Å². The Labute approximate surface area is 262 Å². The Balaban J connectivity index is 1.65. The molecule has 4 N–H and O–H groups in total. The number of benzene rings is 5. The van der Waals surface area contributed by atoms with Crippen molar-refractivity contribution >= 4 is 66.7 Å². The smallest absolute Gasteiger partial charge is 0.343 e. The summed E-state index contributed by atoms with van der Waals surface area (Å²) >= 11 is 5.63. The number of urea groups is 1. The maximum Gasteiger partial charge on any atom is 0.343 e. The van der Waals surface area contributed by atoms with E-state index in [0.717, 1.165) is 10.3 Å². The number of aromatic hydroxyl groups is 2. The molecule has 0 spiro atoms. The van der Waals surface area contributed by atoms with Crippen LogP contribution in [0.4, 0.5) is 16.2 Å². The number of ether oxygens (including phenoxy) is 1. The molecule has 5 aromatic rings. The van der Waals surface area contributed by atoms with Crippen molar-refractivity contribution in [3.8, 4) is 28.4 Å². The van der Waals surface area contributed by atoms with Gasteiger partial charge in [0.1, 0.15) is 23.3 Å². The SMILES string of the molecule is COc1ccc(S(=O)(=O)N2C(=O)N(CC[C@H](NCl)C(=O)O)c3cccc4c(O)c(-c5c(O)ccc6ccccc56)cc2c34)cc1. The second-order valence-electron chi connectivity index (χ2n) is 10.3. The van der Waals surface area contributed by atoms with Crippen molar-refractivity contribution in [1.82, 2.24) is 4.84 Å². The first kappa shape index (κ1) is 30.0. The van der Waals surface area contributed by atoms with Crippen LogP contribution in [0.5, 0.6) is 17.2 Å². The number of carboxylic acids is 1. The third kappa shape index (κ3) is 4.92. The third-order valence-corrected chi connectivity index (χ3v) is 9.81. The quantitative estimate of drug-likeness (QED) is 0.145. The summed E-state index contributed by atoms with van der Waals surface area (Å²) in [4.78, 5) is 29.0. The number of aliphatic carboxylic acids is 1. The van der Waals surface area contributed by atoms with Gasteiger partial charge < -0.3 is 20.1 Å². The first-order chi connectivity index (χ1) is 21.6. The predicted octanol–water partition coefficient (Wildman–Crippen LogP) is 5.80. The van der Waals surface area contributed by atoms with Crippen LogP contribution in [0.3, 0.4) is 0 Å². The maximum absolute atomic E-state index is 14.3. The first-order valence-corrected chi connectivity index (χ1v) is 15.5. The number of halogens is 1. The Morgan fingerprint density at radius 2 is 1.67 bits per heavy atom. The molecule has 0 aliphatic carbocycles. The van der Waals surface area contributed by atoms with Crippen molar-refractivity contribution in [2.45, 2.75) is 17.4 Å². The fourth-order valence-electron chi connectivity index (χ4n) is 5.65. The standard InChI is InChI=1S/C32H26ClN3O8S/c1-44-19-10-12-20(13-11-19)45(42,43)36-26-17-23(28-21-6-3-2-5-18(21)9-14-27(28)37)30(38)22-7-4-8-25(29(22)26)35(32(36)41)16-15-24(34-33)31(39)40/h2-14,17,24,34,37-38H,15-16H2,1H3,(H,39,40)/t24-/m0/s1. The van der Waals surface area contributed by atoms with Gasteiger partial charge in [0, 0.05) is 28.4 Å². The Morgan fingerprint density at radius 3 is 2.36 bits per heavy atom. The lowest BCUT2D eigenvalue weighted by molar-refractivity contribution is -0.139. The minimum absolute atomic E-state index is 0.0527. The topological polar surface area (TPSA) is 157 Å². The summed E-state index contributed by atoms with van der Waals surface area (Å²) in [5, 5.41) is 34.0. The van der Waals surface area contributed by atoms with E-state index in [1.165, 1.54) is 43.5 Å². The Morgan fingerprint density at radius 1 is 0.956 bits per heavy atom. The van der Waals surface area contributed by atoms with Crippen LogP contribution in [0.2, 0.25) is 0 Å². The van der Waals surface area contributed by atoms with Crippen LogP contribution in [0.1, 0.15) is 6.42 Å². The zero-order valence-corrected chi connectivity index (χ0v) is 25.2. The minimum Gasteiger partial charge on any atom is -0.507 e. The fraction of sp³-hybridized carbons (Fsp3) is 0.125. The van der Waals surface area contributed by atoms with Gasteiger partial charge >= 0.3 is 12.0 Å². The van der Waals surface area contributed by atoms with Gasteiger partial charge in [-0.25, -0.2) is 18.0 Å². The van der Waals surface area contributed by atoms with Crippen LogP contribution in [0, 0.1) is 0 Å². The number of amides is 2. The minimum atomic E-state index is -4.60. The largest absolute Gasteiger partial charge is 0.507 e. The molecule has 1 aliphatic rings. The molecule has 5 aromatic carbocycles. The van der Waals surface area contributed by atoms with Crippen molar-refractivity contribution in [3.63, 3.8) is 0 Å². The Bertz CT molecular complexity index is 2100. The number of anilines is 2. The molecule has 6 rings (SSSR count). The second-order valence-corrected chi connectivity index (χ2v) is 12.3. The lowest BCUT2D eigenvalue weighted by Gasteiger charge is -2.37. The van der Waals surface area contributed by atoms with Gasteiger partial charge in [-0.15, -0.1) is 0 Å². The Hall–Kier alpha value is -5.04. The molecule has 0 bridgehead atoms. The highest BCUT2D eigenvalue weighted by Crippen LogP contribution is 2.51. The molecular formula is C32H26ClN3O8S. The fourth-order valence-corrected chi connectivity index (χ4v) is 7.25. The summed E-state index contributed by atoms with van der Waals surface area (Å²) in [6.07, 6.45) is -0.166. The summed E-state index contributed by atoms with van der Waals surface area (Å²) in [6, 6.07) is 19.8. The molecule has 1 aliphatic heterocycles. The molecule has 0 saturated carbocycles. The van der Waals surface area contributed by atoms with Gasteiger partial charge in [-0.05, 0) is 71.4 Å². The third-order valence-electron chi connectivity index (χ3n) is 7.85. The molecule has 0 aromatic heterocycles. The van der Waals surface area contributed by atoms with E-state index in [0.29, 0.717) is 15.4 Å². The van der Waals surface area contributed by atoms with Crippen LogP contribution < -0.4 is 18.8 Å². The molecule has 0 fully saturated rings. The molecule has 1 atom stereocenters. The molecular weight excluding hydrogens is 622 g/mol. The molecule has 0 radical (unpaired) electrons. The number of fused-ring (bicyclic) bond motifs is 1. The monoisotopic (exact) mass is 647 g/mol. The summed E-state index contributed by atoms with van der Waals surface area (Å²) in [6.45, 7) is -0.227. The van der Waals surface area contributed by atoms with Gasteiger partial charge in [0.15, 0.2) is 0 Å². The number of hydrogen-bond acceptors (Lipinski definition) is 8. The maximum atomic E-state index is 14.3. The first-order valence-electron chi connectivity index (χ1n) is 13.7. The average Bonchev–Trinajstić information content (AvgIpc) is 3.04. The number of carboxylic acid groups (broad SMARTS) is 1. The number of phenols is 2. The number of nitrogens with one attached hydrogen (secondary N) is 1. The van der Waals surface area contributed by atoms with Crippen molar-refractivity contribution in [1.29, 1.82) is 0 Å². The van der Waals surface area contributed by atoms with Crippen LogP contribution in [-0.2, 0) is 14.8 Å². The molecule has 13 heteroatoms. The normalized spacial score (nSPS) is 13.8. The van der Waals surface area contributed by atoms with Gasteiger partial charge in [0.25, 0.3) is 10.0 Å². The lowest BCUT2D eigenvalue weighted by Crippen LogP contribution is -2.50. The van der Waals surface area contributed by atoms with Gasteiger partial charge in [0.2, 0.25) is 0 Å². The number of phenolic OH excluding ortho intramolecular Hbond substituents is 2. The number of rotatable bonds is 9. The van der Waals surface area contributed by atoms with Crippen molar-refractivity contribution in [3.05, 3.63) is 84.9 Å². The second kappa shape index (κ2) is 11.5. The van der Waals surface area contributed by atoms with E-state index in [1.54, 1.807) is 36.4 Å². The molecule has 0 unspecified atom stereocenters. The predicted molar refractivity (Wildman–Crippen MR) is 171 cm³/mol. The van der Waals surface area contributed by atoms with Crippen LogP contribution in [0.15, 0.2) is 89.8 Å². The number of hydrogen-bond donors (Lipinski definition) is 4. The highest BCUT2D eigenvalue weighted by atomic mass is 35.5. The molecule has 1 heterocycles. The van der Waals surface area contributed by atoms with Gasteiger partial charge in [-0.1, -0.05) is 42.5 Å². The van der Waals surface area contributed by atoms with E-state index in [2.05, 4.69) is 4.84 Å². The van der Waals surface area contributed by atoms with Crippen LogP contribution in [0.25, 0.3) is 32.7 Å². The molecule has 0 saturated heterocycles. The van der Waals surface area contributed by atoms with E-state index in [-0.39, 0.29) is 62.6 Å². The van der Waals surface area contributed by atoms with Crippen molar-refractivity contribution in [2.75, 3.05) is 22.9 Å². The van der Waals surface area contributed by atoms with Crippen LogP contribution in [-0.4, -0.2) is 55.4 Å². The van der Waals surface area contributed by atoms with E-state index in [9.17, 15) is 33.3 Å². The Kier molecular flexibility index (Phi) is 7.65. The number of carbonyl (C=O) groups excluding carboxylic acids is 1. The molecule has 45 heavy (non-hydrogen) atoms. The lowest BCUT2D eigenvalue weighted by atomic mass is 9.92. The van der Waals surface area contributed by atoms with E-state index >= 15 is 0 Å². The van der Waals surface area contributed by atoms with E-state index in [1.807, 2.05) is 12.1 Å². The number of methoxy groups -OCH3 is 1. The zero-order chi connectivity index (χ0) is 32.0. The van der Waals surface area contributed by atoms with Gasteiger partial charge in [-0.3, -0.25) is 9.69 Å². The highest BCUT2D eigenvalue weighted by Gasteiger charge is 2.42. The summed E-state index contributed by atoms with van der Waals surface area (Å²) < 4.78 is 34.4. The van der Waals surface area contributed by atoms with Gasteiger partial charge in [-0.2, -0.15) is 4.31 Å². The van der Waals surface area contributed by atoms with Crippen molar-refractivity contribution < 1.29 is 38.1 Å². The van der Waals surface area contributed by atoms with E-state index < -0.39 is 28.1 Å². The molecule has 2 amide bonds. The van der Waals surface area contributed by atoms with Crippen molar-refractivity contribution in [2.24, 2.45) is 0 Å². The van der Waals surface area contributed by atoms with Crippen LogP contribution >= 0.6 is 11.8 Å². The molecule has 230 valence electrons. The summed E-state index contributed by atoms with van der Waals surface area (Å²) in [7, 11) is -3.16. The number of carbonyl (C=O) groups is 2. The average molecular weight is 648 g/mol. The molecule has 11 nitrogen and oxygen atoms in total. The summed E-state index contributed by atoms with van der Waals surface area (Å²) in [5.74, 6) is -1.26.